The Morgan fingerprint density at radius 2 is 2.04 bits per heavy atom. The van der Waals surface area contributed by atoms with Gasteiger partial charge < -0.3 is 4.90 Å². The summed E-state index contributed by atoms with van der Waals surface area (Å²) in [6.07, 6.45) is 4.21. The predicted octanol–water partition coefficient (Wildman–Crippen LogP) is 3.14. The second-order valence-corrected chi connectivity index (χ2v) is 6.72. The van der Waals surface area contributed by atoms with E-state index in [1.54, 1.807) is 17.0 Å². The first-order chi connectivity index (χ1) is 11.1. The Morgan fingerprint density at radius 1 is 1.17 bits per heavy atom. The highest BCUT2D eigenvalue weighted by Gasteiger charge is 2.45. The maximum atomic E-state index is 13.3. The zero-order chi connectivity index (χ0) is 16.3. The fraction of sp³-hybridized carbons (Fsp3) is 0.611. The van der Waals surface area contributed by atoms with E-state index >= 15 is 0 Å². The maximum Gasteiger partial charge on any atom is 0.223 e. The van der Waals surface area contributed by atoms with E-state index < -0.39 is 6.67 Å². The molecule has 0 unspecified atom stereocenters. The Labute approximate surface area is 136 Å². The summed E-state index contributed by atoms with van der Waals surface area (Å²) in [6.45, 7) is 2.29. The molecule has 1 aromatic rings. The number of benzene rings is 1. The number of hydrogen-bond acceptors (Lipinski definition) is 2. The summed E-state index contributed by atoms with van der Waals surface area (Å²) in [5.41, 5.74) is 0.823. The molecule has 3 rings (SSSR count). The smallest absolute Gasteiger partial charge is 0.223 e. The van der Waals surface area contributed by atoms with E-state index in [2.05, 4.69) is 4.90 Å². The third-order valence-electron chi connectivity index (χ3n) is 5.29. The van der Waals surface area contributed by atoms with Crippen molar-refractivity contribution in [2.24, 2.45) is 0 Å². The molecule has 0 saturated carbocycles. The molecule has 1 aromatic carbocycles. The number of amides is 1. The van der Waals surface area contributed by atoms with Gasteiger partial charge >= 0.3 is 0 Å². The van der Waals surface area contributed by atoms with Crippen LogP contribution in [0.2, 0.25) is 0 Å². The highest BCUT2D eigenvalue weighted by Crippen LogP contribution is 2.39. The summed E-state index contributed by atoms with van der Waals surface area (Å²) >= 11 is 0. The number of rotatable bonds is 4. The highest BCUT2D eigenvalue weighted by molar-refractivity contribution is 5.79. The van der Waals surface area contributed by atoms with Crippen LogP contribution >= 0.6 is 0 Å². The van der Waals surface area contributed by atoms with Gasteiger partial charge in [0.25, 0.3) is 0 Å². The number of carbonyl (C=O) groups is 1. The monoisotopic (exact) mass is 322 g/mol. The second-order valence-electron chi connectivity index (χ2n) is 6.72. The molecule has 0 N–H and O–H groups in total. The molecule has 1 atom stereocenters. The minimum absolute atomic E-state index is 0.0984. The van der Waals surface area contributed by atoms with E-state index in [4.69, 9.17) is 0 Å². The van der Waals surface area contributed by atoms with Crippen molar-refractivity contribution in [2.45, 2.75) is 44.2 Å². The quantitative estimate of drug-likeness (QED) is 0.850. The number of carbonyl (C=O) groups excluding carboxylic acids is 1. The number of nitrogens with zero attached hydrogens (tertiary/aromatic N) is 2. The fourth-order valence-corrected chi connectivity index (χ4v) is 4.13. The molecule has 0 radical (unpaired) electrons. The molecule has 2 aliphatic heterocycles. The number of likely N-dealkylation sites (tertiary alicyclic amines) is 2. The summed E-state index contributed by atoms with van der Waals surface area (Å²) in [6, 6.07) is 6.72. The average molecular weight is 322 g/mol. The predicted molar refractivity (Wildman–Crippen MR) is 85.2 cm³/mol. The van der Waals surface area contributed by atoms with Crippen LogP contribution in [0.25, 0.3) is 0 Å². The van der Waals surface area contributed by atoms with Gasteiger partial charge in [-0.25, -0.2) is 8.78 Å². The summed E-state index contributed by atoms with van der Waals surface area (Å²) in [4.78, 5) is 16.2. The van der Waals surface area contributed by atoms with Gasteiger partial charge in [0.15, 0.2) is 0 Å². The van der Waals surface area contributed by atoms with E-state index in [0.717, 1.165) is 50.9 Å². The van der Waals surface area contributed by atoms with Crippen LogP contribution in [0.5, 0.6) is 0 Å². The summed E-state index contributed by atoms with van der Waals surface area (Å²) in [5.74, 6) is -0.106. The SMILES string of the molecule is O=C1CC[C@]2(CCCN(Cc3cccc(F)c3)CC2)N1CCF. The van der Waals surface area contributed by atoms with E-state index in [0.29, 0.717) is 6.42 Å². The molecule has 1 spiro atoms. The van der Waals surface area contributed by atoms with Gasteiger partial charge in [-0.1, -0.05) is 12.1 Å². The van der Waals surface area contributed by atoms with Crippen molar-refractivity contribution in [1.29, 1.82) is 0 Å². The lowest BCUT2D eigenvalue weighted by molar-refractivity contribution is -0.131. The van der Waals surface area contributed by atoms with Crippen LogP contribution in [-0.4, -0.2) is 47.6 Å². The molecule has 2 aliphatic rings. The lowest BCUT2D eigenvalue weighted by atomic mass is 9.88. The lowest BCUT2D eigenvalue weighted by Gasteiger charge is -2.37. The third-order valence-corrected chi connectivity index (χ3v) is 5.29. The molecule has 0 bridgehead atoms. The van der Waals surface area contributed by atoms with Crippen molar-refractivity contribution < 1.29 is 13.6 Å². The standard InChI is InChI=1S/C18H24F2N2O/c19-9-12-22-17(23)5-7-18(22)6-2-10-21(11-8-18)14-15-3-1-4-16(20)13-15/h1,3-4,13H,2,5-12,14H2/t18-/m0/s1. The Bertz CT molecular complexity index is 566. The summed E-state index contributed by atoms with van der Waals surface area (Å²) in [7, 11) is 0. The van der Waals surface area contributed by atoms with E-state index in [1.165, 1.54) is 6.07 Å². The normalized spacial score (nSPS) is 26.0. The van der Waals surface area contributed by atoms with Gasteiger partial charge in [0.2, 0.25) is 5.91 Å². The fourth-order valence-electron chi connectivity index (χ4n) is 4.13. The van der Waals surface area contributed by atoms with Gasteiger partial charge in [0, 0.05) is 31.6 Å². The van der Waals surface area contributed by atoms with Crippen molar-refractivity contribution >= 4 is 5.91 Å². The first-order valence-corrected chi connectivity index (χ1v) is 8.46. The molecule has 1 amide bonds. The van der Waals surface area contributed by atoms with Crippen molar-refractivity contribution in [2.75, 3.05) is 26.3 Å². The molecule has 0 aromatic heterocycles. The summed E-state index contributed by atoms with van der Waals surface area (Å²) in [5, 5.41) is 0. The van der Waals surface area contributed by atoms with Gasteiger partial charge in [-0.05, 0) is 49.9 Å². The largest absolute Gasteiger partial charge is 0.334 e. The average Bonchev–Trinajstić information content (AvgIpc) is 2.71. The molecule has 2 saturated heterocycles. The lowest BCUT2D eigenvalue weighted by Crippen LogP contribution is -2.47. The van der Waals surface area contributed by atoms with Crippen LogP contribution in [0, 0.1) is 5.82 Å². The Hall–Kier alpha value is -1.49. The topological polar surface area (TPSA) is 23.6 Å². The number of hydrogen-bond donors (Lipinski definition) is 0. The molecule has 5 heteroatoms. The van der Waals surface area contributed by atoms with Crippen LogP contribution in [0.15, 0.2) is 24.3 Å². The van der Waals surface area contributed by atoms with Crippen LogP contribution < -0.4 is 0 Å². The molecule has 126 valence electrons. The molecule has 3 nitrogen and oxygen atoms in total. The van der Waals surface area contributed by atoms with Crippen molar-refractivity contribution in [1.82, 2.24) is 9.80 Å². The maximum absolute atomic E-state index is 13.3. The van der Waals surface area contributed by atoms with Crippen LogP contribution in [0.4, 0.5) is 8.78 Å². The molecule has 2 heterocycles. The summed E-state index contributed by atoms with van der Waals surface area (Å²) < 4.78 is 26.1. The molecular weight excluding hydrogens is 298 g/mol. The molecular formula is C18H24F2N2O. The molecule has 0 aliphatic carbocycles. The van der Waals surface area contributed by atoms with Gasteiger partial charge in [-0.15, -0.1) is 0 Å². The van der Waals surface area contributed by atoms with Gasteiger partial charge in [-0.2, -0.15) is 0 Å². The Balaban J connectivity index is 1.66. The van der Waals surface area contributed by atoms with E-state index in [9.17, 15) is 13.6 Å². The van der Waals surface area contributed by atoms with Crippen LogP contribution in [0.1, 0.15) is 37.7 Å². The highest BCUT2D eigenvalue weighted by atomic mass is 19.1. The van der Waals surface area contributed by atoms with Crippen molar-refractivity contribution in [3.63, 3.8) is 0 Å². The van der Waals surface area contributed by atoms with Gasteiger partial charge in [-0.3, -0.25) is 9.69 Å². The van der Waals surface area contributed by atoms with Crippen molar-refractivity contribution in [3.8, 4) is 0 Å². The van der Waals surface area contributed by atoms with Crippen LogP contribution in [-0.2, 0) is 11.3 Å². The van der Waals surface area contributed by atoms with Crippen LogP contribution in [0.3, 0.4) is 0 Å². The van der Waals surface area contributed by atoms with Crippen molar-refractivity contribution in [3.05, 3.63) is 35.6 Å². The first kappa shape index (κ1) is 16.4. The minimum atomic E-state index is -0.472. The number of alkyl halides is 1. The number of halogens is 2. The van der Waals surface area contributed by atoms with E-state index in [-0.39, 0.29) is 23.8 Å². The first-order valence-electron chi connectivity index (χ1n) is 8.46. The third kappa shape index (κ3) is 3.55. The Kier molecular flexibility index (Phi) is 4.95. The molecule has 2 fully saturated rings. The molecule has 23 heavy (non-hydrogen) atoms. The second kappa shape index (κ2) is 6.95. The van der Waals surface area contributed by atoms with E-state index in [1.807, 2.05) is 6.07 Å². The zero-order valence-electron chi connectivity index (χ0n) is 13.4. The van der Waals surface area contributed by atoms with Gasteiger partial charge in [0.1, 0.15) is 12.5 Å². The van der Waals surface area contributed by atoms with Gasteiger partial charge in [0.05, 0.1) is 0 Å². The minimum Gasteiger partial charge on any atom is -0.334 e. The Morgan fingerprint density at radius 3 is 2.83 bits per heavy atom. The zero-order valence-corrected chi connectivity index (χ0v) is 13.4.